The van der Waals surface area contributed by atoms with E-state index in [1.165, 1.54) is 12.1 Å². The van der Waals surface area contributed by atoms with Crippen LogP contribution in [0.5, 0.6) is 5.75 Å². The van der Waals surface area contributed by atoms with E-state index in [0.29, 0.717) is 13.2 Å². The molecule has 1 aliphatic rings. The van der Waals surface area contributed by atoms with Crippen molar-refractivity contribution in [3.8, 4) is 5.75 Å². The Morgan fingerprint density at radius 3 is 2.49 bits per heavy atom. The summed E-state index contributed by atoms with van der Waals surface area (Å²) in [7, 11) is 0. The minimum Gasteiger partial charge on any atom is -0.494 e. The molecule has 6 heteroatoms. The number of benzene rings is 3. The zero-order valence-corrected chi connectivity index (χ0v) is 19.5. The first-order valence-corrected chi connectivity index (χ1v) is 11.9. The second-order valence-electron chi connectivity index (χ2n) is 8.76. The van der Waals surface area contributed by atoms with E-state index in [1.54, 1.807) is 4.90 Å². The molecule has 5 nitrogen and oxygen atoms in total. The summed E-state index contributed by atoms with van der Waals surface area (Å²) in [6.45, 7) is 3.08. The van der Waals surface area contributed by atoms with Gasteiger partial charge in [0.15, 0.2) is 5.43 Å². The van der Waals surface area contributed by atoms with Crippen molar-refractivity contribution >= 4 is 16.9 Å². The standard InChI is InChI=1S/C29H26FNO4/c1-2-3-7-16-34-22-13-10-20(11-14-22)26-25-27(32)23-17-21(30)12-15-24(23)35-28(25)29(33)31(26)18-19-8-5-4-6-9-19/h4-6,8-15,17,26H,2-3,7,16,18H2,1H3. The predicted octanol–water partition coefficient (Wildman–Crippen LogP) is 6.25. The summed E-state index contributed by atoms with van der Waals surface area (Å²) in [5.74, 6) is -0.153. The minimum atomic E-state index is -0.657. The summed E-state index contributed by atoms with van der Waals surface area (Å²) in [6.07, 6.45) is 3.21. The maximum atomic E-state index is 14.0. The van der Waals surface area contributed by atoms with E-state index in [-0.39, 0.29) is 28.2 Å². The van der Waals surface area contributed by atoms with Gasteiger partial charge in [0.25, 0.3) is 5.91 Å². The molecule has 0 fully saturated rings. The van der Waals surface area contributed by atoms with Gasteiger partial charge in [-0.1, -0.05) is 62.2 Å². The second kappa shape index (κ2) is 9.74. The van der Waals surface area contributed by atoms with E-state index in [9.17, 15) is 14.0 Å². The molecule has 1 aliphatic heterocycles. The number of hydrogen-bond acceptors (Lipinski definition) is 4. The van der Waals surface area contributed by atoms with Crippen LogP contribution < -0.4 is 10.2 Å². The number of carbonyl (C=O) groups excluding carboxylic acids is 1. The molecular formula is C29H26FNO4. The van der Waals surface area contributed by atoms with Gasteiger partial charge in [-0.05, 0) is 47.9 Å². The average molecular weight is 472 g/mol. The van der Waals surface area contributed by atoms with Crippen molar-refractivity contribution in [1.29, 1.82) is 0 Å². The van der Waals surface area contributed by atoms with Crippen molar-refractivity contribution in [2.24, 2.45) is 0 Å². The fourth-order valence-corrected chi connectivity index (χ4v) is 4.57. The Kier molecular flexibility index (Phi) is 6.36. The van der Waals surface area contributed by atoms with Crippen LogP contribution in [0.15, 0.2) is 82.0 Å². The van der Waals surface area contributed by atoms with Gasteiger partial charge in [-0.3, -0.25) is 9.59 Å². The average Bonchev–Trinajstić information content (AvgIpc) is 3.15. The van der Waals surface area contributed by atoms with Crippen LogP contribution in [0.4, 0.5) is 4.39 Å². The normalized spacial score (nSPS) is 15.0. The van der Waals surface area contributed by atoms with E-state index >= 15 is 0 Å². The Morgan fingerprint density at radius 1 is 0.971 bits per heavy atom. The van der Waals surface area contributed by atoms with Crippen LogP contribution in [0.25, 0.3) is 11.0 Å². The number of ether oxygens (including phenoxy) is 1. The number of halogens is 1. The van der Waals surface area contributed by atoms with Crippen molar-refractivity contribution in [3.05, 3.63) is 111 Å². The fraction of sp³-hybridized carbons (Fsp3) is 0.241. The smallest absolute Gasteiger partial charge is 0.291 e. The monoisotopic (exact) mass is 471 g/mol. The Morgan fingerprint density at radius 2 is 1.74 bits per heavy atom. The SMILES string of the molecule is CCCCCOc1ccc(C2c3c(oc4ccc(F)cc4c3=O)C(=O)N2Cc2ccccc2)cc1. The van der Waals surface area contributed by atoms with Crippen molar-refractivity contribution in [3.63, 3.8) is 0 Å². The van der Waals surface area contributed by atoms with Gasteiger partial charge < -0.3 is 14.1 Å². The van der Waals surface area contributed by atoms with Gasteiger partial charge in [0.05, 0.1) is 23.6 Å². The molecule has 35 heavy (non-hydrogen) atoms. The highest BCUT2D eigenvalue weighted by atomic mass is 19.1. The number of carbonyl (C=O) groups is 1. The third kappa shape index (κ3) is 4.44. The van der Waals surface area contributed by atoms with Gasteiger partial charge in [-0.2, -0.15) is 0 Å². The molecule has 0 saturated heterocycles. The van der Waals surface area contributed by atoms with Gasteiger partial charge in [0.2, 0.25) is 5.76 Å². The minimum absolute atomic E-state index is 0.00920. The van der Waals surface area contributed by atoms with Gasteiger partial charge in [-0.25, -0.2) is 4.39 Å². The highest BCUT2D eigenvalue weighted by molar-refractivity contribution is 5.99. The van der Waals surface area contributed by atoms with Gasteiger partial charge in [0.1, 0.15) is 17.1 Å². The van der Waals surface area contributed by atoms with Crippen LogP contribution in [0.2, 0.25) is 0 Å². The van der Waals surface area contributed by atoms with Crippen LogP contribution in [0, 0.1) is 5.82 Å². The number of amides is 1. The fourth-order valence-electron chi connectivity index (χ4n) is 4.57. The first kappa shape index (κ1) is 22.8. The lowest BCUT2D eigenvalue weighted by Gasteiger charge is -2.25. The van der Waals surface area contributed by atoms with E-state index in [1.807, 2.05) is 54.6 Å². The van der Waals surface area contributed by atoms with Crippen LogP contribution >= 0.6 is 0 Å². The molecule has 1 amide bonds. The number of unbranched alkanes of at least 4 members (excludes halogenated alkanes) is 2. The zero-order chi connectivity index (χ0) is 24.4. The summed E-state index contributed by atoms with van der Waals surface area (Å²) >= 11 is 0. The van der Waals surface area contributed by atoms with E-state index < -0.39 is 17.3 Å². The van der Waals surface area contributed by atoms with E-state index in [4.69, 9.17) is 9.15 Å². The highest BCUT2D eigenvalue weighted by Crippen LogP contribution is 2.39. The molecule has 1 aromatic heterocycles. The lowest BCUT2D eigenvalue weighted by atomic mass is 9.98. The largest absolute Gasteiger partial charge is 0.494 e. The van der Waals surface area contributed by atoms with E-state index in [0.717, 1.165) is 42.2 Å². The van der Waals surface area contributed by atoms with Crippen molar-refractivity contribution in [1.82, 2.24) is 4.90 Å². The number of hydrogen-bond donors (Lipinski definition) is 0. The molecule has 0 aliphatic carbocycles. The molecule has 0 bridgehead atoms. The molecular weight excluding hydrogens is 445 g/mol. The van der Waals surface area contributed by atoms with Crippen molar-refractivity contribution in [2.45, 2.75) is 38.8 Å². The molecule has 0 N–H and O–H groups in total. The summed E-state index contributed by atoms with van der Waals surface area (Å²) in [6, 6.07) is 20.1. The molecule has 5 rings (SSSR count). The third-order valence-electron chi connectivity index (χ3n) is 6.34. The van der Waals surface area contributed by atoms with Gasteiger partial charge in [0, 0.05) is 6.54 Å². The van der Waals surface area contributed by atoms with Crippen molar-refractivity contribution < 1.29 is 18.3 Å². The molecule has 0 saturated carbocycles. The van der Waals surface area contributed by atoms with Crippen LogP contribution in [-0.4, -0.2) is 17.4 Å². The Bertz CT molecular complexity index is 1410. The molecule has 0 spiro atoms. The maximum absolute atomic E-state index is 14.0. The Balaban J connectivity index is 1.57. The highest BCUT2D eigenvalue weighted by Gasteiger charge is 2.42. The first-order valence-electron chi connectivity index (χ1n) is 11.9. The molecule has 178 valence electrons. The van der Waals surface area contributed by atoms with Gasteiger partial charge >= 0.3 is 0 Å². The maximum Gasteiger partial charge on any atom is 0.291 e. The van der Waals surface area contributed by atoms with Crippen molar-refractivity contribution in [2.75, 3.05) is 6.61 Å². The topological polar surface area (TPSA) is 59.8 Å². The summed E-state index contributed by atoms with van der Waals surface area (Å²) in [5.41, 5.74) is 1.73. The first-order chi connectivity index (χ1) is 17.1. The molecule has 1 atom stereocenters. The van der Waals surface area contributed by atoms with Crippen LogP contribution in [0.3, 0.4) is 0 Å². The summed E-state index contributed by atoms with van der Waals surface area (Å²) in [4.78, 5) is 28.7. The number of rotatable bonds is 8. The second-order valence-corrected chi connectivity index (χ2v) is 8.76. The van der Waals surface area contributed by atoms with E-state index in [2.05, 4.69) is 6.92 Å². The molecule has 1 unspecified atom stereocenters. The lowest BCUT2D eigenvalue weighted by molar-refractivity contribution is 0.0714. The lowest BCUT2D eigenvalue weighted by Crippen LogP contribution is -2.29. The van der Waals surface area contributed by atoms with Crippen LogP contribution in [0.1, 0.15) is 59.5 Å². The number of fused-ring (bicyclic) bond motifs is 2. The molecule has 2 heterocycles. The van der Waals surface area contributed by atoms with Gasteiger partial charge in [-0.15, -0.1) is 0 Å². The Labute approximate surface area is 202 Å². The Hall–Kier alpha value is -3.93. The number of nitrogens with zero attached hydrogens (tertiary/aromatic N) is 1. The summed E-state index contributed by atoms with van der Waals surface area (Å²) < 4.78 is 25.7. The van der Waals surface area contributed by atoms with Crippen LogP contribution in [-0.2, 0) is 6.54 Å². The molecule has 0 radical (unpaired) electrons. The quantitative estimate of drug-likeness (QED) is 0.285. The predicted molar refractivity (Wildman–Crippen MR) is 132 cm³/mol. The summed E-state index contributed by atoms with van der Waals surface area (Å²) in [5, 5.41) is 0.124. The zero-order valence-electron chi connectivity index (χ0n) is 19.5. The third-order valence-corrected chi connectivity index (χ3v) is 6.34. The molecule has 3 aromatic carbocycles. The molecule has 4 aromatic rings.